The number of unbranched alkanes of at least 4 members (excludes halogenated alkanes) is 1. The lowest BCUT2D eigenvalue weighted by atomic mass is 10.1. The van der Waals surface area contributed by atoms with E-state index >= 15 is 0 Å². The molecule has 9 heteroatoms. The molecule has 1 amide bonds. The van der Waals surface area contributed by atoms with Crippen LogP contribution in [0.2, 0.25) is 0 Å². The van der Waals surface area contributed by atoms with Gasteiger partial charge in [-0.2, -0.15) is 0 Å². The molecule has 0 saturated heterocycles. The highest BCUT2D eigenvalue weighted by atomic mass is 16.5. The number of aliphatic imine (C=N–C) groups is 1. The molecule has 0 aliphatic heterocycles. The zero-order valence-corrected chi connectivity index (χ0v) is 14.9. The molecular weight excluding hydrogens is 336 g/mol. The molecule has 1 aromatic rings. The van der Waals surface area contributed by atoms with E-state index in [0.29, 0.717) is 26.2 Å². The van der Waals surface area contributed by atoms with Gasteiger partial charge in [-0.1, -0.05) is 17.3 Å². The molecule has 0 radical (unpaired) electrons. The lowest BCUT2D eigenvalue weighted by Gasteiger charge is -2.08. The monoisotopic (exact) mass is 364 g/mol. The maximum absolute atomic E-state index is 12.1. The van der Waals surface area contributed by atoms with E-state index in [2.05, 4.69) is 15.5 Å². The number of ether oxygens (including phenoxy) is 1. The predicted molar refractivity (Wildman–Crippen MR) is 101 cm³/mol. The Kier molecular flexibility index (Phi) is 10.2. The molecule has 1 aromatic carbocycles. The van der Waals surface area contributed by atoms with Crippen LogP contribution in [0, 0.1) is 0 Å². The molecule has 0 bridgehead atoms. The SMILES string of the molecule is NCCCOc1ccc(CC(=NO)C(=O)NCCCCN=C(N)N)cc1. The zero-order chi connectivity index (χ0) is 19.2. The Morgan fingerprint density at radius 2 is 1.88 bits per heavy atom. The van der Waals surface area contributed by atoms with Crippen molar-refractivity contribution in [1.82, 2.24) is 5.32 Å². The van der Waals surface area contributed by atoms with Gasteiger partial charge >= 0.3 is 0 Å². The molecule has 0 saturated carbocycles. The number of hydrogen-bond acceptors (Lipinski definition) is 6. The lowest BCUT2D eigenvalue weighted by Crippen LogP contribution is -2.33. The van der Waals surface area contributed by atoms with Crippen LogP contribution < -0.4 is 27.3 Å². The van der Waals surface area contributed by atoms with Gasteiger partial charge in [-0.3, -0.25) is 9.79 Å². The second-order valence-electron chi connectivity index (χ2n) is 5.63. The number of nitrogens with one attached hydrogen (secondary N) is 1. The zero-order valence-electron chi connectivity index (χ0n) is 14.9. The number of nitrogens with zero attached hydrogens (tertiary/aromatic N) is 2. The number of benzene rings is 1. The number of nitrogens with two attached hydrogens (primary N) is 3. The lowest BCUT2D eigenvalue weighted by molar-refractivity contribution is -0.115. The minimum absolute atomic E-state index is 0.0472. The van der Waals surface area contributed by atoms with E-state index in [-0.39, 0.29) is 18.1 Å². The van der Waals surface area contributed by atoms with Crippen LogP contribution in [0.25, 0.3) is 0 Å². The van der Waals surface area contributed by atoms with Gasteiger partial charge in [0.1, 0.15) is 11.5 Å². The summed E-state index contributed by atoms with van der Waals surface area (Å²) in [6, 6.07) is 7.27. The van der Waals surface area contributed by atoms with Gasteiger partial charge in [-0.25, -0.2) is 0 Å². The van der Waals surface area contributed by atoms with Crippen LogP contribution >= 0.6 is 0 Å². The Morgan fingerprint density at radius 3 is 2.50 bits per heavy atom. The summed E-state index contributed by atoms with van der Waals surface area (Å²) in [7, 11) is 0. The van der Waals surface area contributed by atoms with Crippen LogP contribution in [0.5, 0.6) is 5.75 Å². The van der Waals surface area contributed by atoms with Gasteiger partial charge in [-0.05, 0) is 43.5 Å². The first-order valence-corrected chi connectivity index (χ1v) is 8.53. The smallest absolute Gasteiger partial charge is 0.269 e. The molecule has 144 valence electrons. The largest absolute Gasteiger partial charge is 0.494 e. The molecule has 8 N–H and O–H groups in total. The third kappa shape index (κ3) is 8.88. The first kappa shape index (κ1) is 21.2. The molecule has 0 fully saturated rings. The maximum atomic E-state index is 12.1. The third-order valence-electron chi connectivity index (χ3n) is 3.46. The third-order valence-corrected chi connectivity index (χ3v) is 3.46. The highest BCUT2D eigenvalue weighted by Crippen LogP contribution is 2.13. The van der Waals surface area contributed by atoms with Gasteiger partial charge in [0.15, 0.2) is 5.96 Å². The fraction of sp³-hybridized carbons (Fsp3) is 0.471. The van der Waals surface area contributed by atoms with Crippen molar-refractivity contribution in [3.05, 3.63) is 29.8 Å². The van der Waals surface area contributed by atoms with Gasteiger partial charge in [0, 0.05) is 19.5 Å². The molecule has 0 aromatic heterocycles. The predicted octanol–water partition coefficient (Wildman–Crippen LogP) is -0.0433. The van der Waals surface area contributed by atoms with Crippen molar-refractivity contribution >= 4 is 17.6 Å². The first-order valence-electron chi connectivity index (χ1n) is 8.53. The summed E-state index contributed by atoms with van der Waals surface area (Å²) in [4.78, 5) is 15.9. The molecule has 1 rings (SSSR count). The van der Waals surface area contributed by atoms with Crippen molar-refractivity contribution in [1.29, 1.82) is 0 Å². The molecule has 0 heterocycles. The molecule has 0 unspecified atom stereocenters. The standard InChI is InChI=1S/C17H28N6O3/c18-8-3-11-26-14-6-4-13(5-7-14)12-15(23-25)16(24)21-9-1-2-10-22-17(19)20/h4-7,25H,1-3,8-12,18H2,(H,21,24)(H4,19,20,22). The van der Waals surface area contributed by atoms with Crippen LogP contribution in [0.15, 0.2) is 34.4 Å². The molecule has 26 heavy (non-hydrogen) atoms. The van der Waals surface area contributed by atoms with Crippen molar-refractivity contribution in [3.63, 3.8) is 0 Å². The summed E-state index contributed by atoms with van der Waals surface area (Å²) in [6.07, 6.45) is 2.47. The Balaban J connectivity index is 2.38. The first-order chi connectivity index (χ1) is 12.6. The summed E-state index contributed by atoms with van der Waals surface area (Å²) < 4.78 is 5.52. The quantitative estimate of drug-likeness (QED) is 0.115. The van der Waals surface area contributed by atoms with Crippen molar-refractivity contribution < 1.29 is 14.7 Å². The number of rotatable bonds is 12. The van der Waals surface area contributed by atoms with Crippen LogP contribution in [0.4, 0.5) is 0 Å². The number of carbonyl (C=O) groups excluding carboxylic acids is 1. The highest BCUT2D eigenvalue weighted by molar-refractivity contribution is 6.39. The fourth-order valence-corrected chi connectivity index (χ4v) is 2.08. The Labute approximate surface area is 153 Å². The van der Waals surface area contributed by atoms with E-state index in [9.17, 15) is 4.79 Å². The Hall–Kier alpha value is -2.81. The fourth-order valence-electron chi connectivity index (χ4n) is 2.08. The van der Waals surface area contributed by atoms with E-state index in [1.54, 1.807) is 0 Å². The van der Waals surface area contributed by atoms with Gasteiger partial charge in [-0.15, -0.1) is 0 Å². The number of guanidine groups is 1. The van der Waals surface area contributed by atoms with Crippen LogP contribution in [-0.4, -0.2) is 49.0 Å². The van der Waals surface area contributed by atoms with Crippen molar-refractivity contribution in [2.24, 2.45) is 27.3 Å². The minimum Gasteiger partial charge on any atom is -0.494 e. The van der Waals surface area contributed by atoms with Gasteiger partial charge < -0.3 is 32.5 Å². The summed E-state index contributed by atoms with van der Waals surface area (Å²) in [5.41, 5.74) is 16.8. The van der Waals surface area contributed by atoms with E-state index in [1.165, 1.54) is 0 Å². The summed E-state index contributed by atoms with van der Waals surface area (Å²) in [5.74, 6) is 0.382. The van der Waals surface area contributed by atoms with Crippen molar-refractivity contribution in [2.45, 2.75) is 25.7 Å². The van der Waals surface area contributed by atoms with Crippen LogP contribution in [0.1, 0.15) is 24.8 Å². The Bertz CT molecular complexity index is 597. The summed E-state index contributed by atoms with van der Waals surface area (Å²) >= 11 is 0. The van der Waals surface area contributed by atoms with Gasteiger partial charge in [0.25, 0.3) is 5.91 Å². The number of carbonyl (C=O) groups is 1. The molecule has 0 aliphatic carbocycles. The summed E-state index contributed by atoms with van der Waals surface area (Å²) in [5, 5.41) is 14.9. The average Bonchev–Trinajstić information content (AvgIpc) is 2.63. The van der Waals surface area contributed by atoms with Crippen molar-refractivity contribution in [2.75, 3.05) is 26.2 Å². The molecule has 0 atom stereocenters. The molecule has 0 spiro atoms. The number of hydrogen-bond donors (Lipinski definition) is 5. The van der Waals surface area contributed by atoms with E-state index in [0.717, 1.165) is 30.6 Å². The Morgan fingerprint density at radius 1 is 1.15 bits per heavy atom. The van der Waals surface area contributed by atoms with E-state index < -0.39 is 5.91 Å². The van der Waals surface area contributed by atoms with Gasteiger partial charge in [0.05, 0.1) is 6.61 Å². The van der Waals surface area contributed by atoms with Gasteiger partial charge in [0.2, 0.25) is 0 Å². The van der Waals surface area contributed by atoms with Crippen LogP contribution in [-0.2, 0) is 11.2 Å². The van der Waals surface area contributed by atoms with E-state index in [4.69, 9.17) is 27.1 Å². The molecular formula is C17H28N6O3. The van der Waals surface area contributed by atoms with Crippen LogP contribution in [0.3, 0.4) is 0 Å². The normalized spacial score (nSPS) is 11.0. The topological polar surface area (TPSA) is 161 Å². The highest BCUT2D eigenvalue weighted by Gasteiger charge is 2.12. The molecule has 0 aliphatic rings. The van der Waals surface area contributed by atoms with Crippen molar-refractivity contribution in [3.8, 4) is 5.75 Å². The second kappa shape index (κ2) is 12.5. The number of amides is 1. The van der Waals surface area contributed by atoms with E-state index in [1.807, 2.05) is 24.3 Å². The maximum Gasteiger partial charge on any atom is 0.269 e. The minimum atomic E-state index is -0.405. The number of oxime groups is 1. The molecule has 9 nitrogen and oxygen atoms in total. The average molecular weight is 364 g/mol. The summed E-state index contributed by atoms with van der Waals surface area (Å²) in [6.45, 7) is 2.10. The second-order valence-corrected chi connectivity index (χ2v) is 5.63.